The number of nitrogens with one attached hydrogen (secondary N) is 1. The average molecular weight is 374 g/mol. The van der Waals surface area contributed by atoms with Crippen molar-refractivity contribution in [2.24, 2.45) is 0 Å². The number of likely N-dealkylation sites (tertiary alicyclic amines) is 1. The van der Waals surface area contributed by atoms with Gasteiger partial charge in [-0.2, -0.15) is 5.26 Å². The highest BCUT2D eigenvalue weighted by Crippen LogP contribution is 2.34. The summed E-state index contributed by atoms with van der Waals surface area (Å²) < 4.78 is 0. The monoisotopic (exact) mass is 374 g/mol. The van der Waals surface area contributed by atoms with Crippen LogP contribution >= 0.6 is 0 Å². The molecule has 2 aliphatic rings. The van der Waals surface area contributed by atoms with Gasteiger partial charge in [-0.3, -0.25) is 4.98 Å². The Kier molecular flexibility index (Phi) is 5.70. The van der Waals surface area contributed by atoms with Gasteiger partial charge in [0.1, 0.15) is 0 Å². The molecule has 2 N–H and O–H groups in total. The first-order valence-electron chi connectivity index (χ1n) is 10.0. The quantitative estimate of drug-likeness (QED) is 0.837. The fourth-order valence-electron chi connectivity index (χ4n) is 4.21. The smallest absolute Gasteiger partial charge is 0.0988 e. The van der Waals surface area contributed by atoms with E-state index in [0.717, 1.165) is 55.5 Å². The number of nitrogens with zero attached hydrogens (tertiary/aromatic N) is 3. The third kappa shape index (κ3) is 4.09. The molecule has 5 heteroatoms. The van der Waals surface area contributed by atoms with Gasteiger partial charge in [0.25, 0.3) is 0 Å². The van der Waals surface area contributed by atoms with Crippen LogP contribution in [0.5, 0.6) is 0 Å². The number of pyridine rings is 1. The van der Waals surface area contributed by atoms with Crippen LogP contribution in [0.25, 0.3) is 10.8 Å². The molecular formula is C23H26N4O. The van der Waals surface area contributed by atoms with E-state index in [1.807, 2.05) is 18.5 Å². The third-order valence-electron chi connectivity index (χ3n) is 5.77. The van der Waals surface area contributed by atoms with Gasteiger partial charge in [-0.25, -0.2) is 0 Å². The summed E-state index contributed by atoms with van der Waals surface area (Å²) in [4.78, 5) is 6.64. The molecule has 5 nitrogen and oxygen atoms in total. The van der Waals surface area contributed by atoms with Crippen molar-refractivity contribution in [2.45, 2.75) is 31.2 Å². The van der Waals surface area contributed by atoms with Crippen LogP contribution in [-0.4, -0.2) is 47.3 Å². The number of β-amino-alcohol motifs (C(OH)–C–C–N with tert-alkyl or cyclic N) is 1. The van der Waals surface area contributed by atoms with Crippen LogP contribution in [0, 0.1) is 11.3 Å². The molecule has 0 spiro atoms. The SMILES string of the molecule is N#CC1=CC(c2cc(NC3CCN(CCO)CC3)c3cnccc3c2)CC=C1. The molecule has 1 aromatic carbocycles. The van der Waals surface area contributed by atoms with Crippen molar-refractivity contribution >= 4 is 16.5 Å². The van der Waals surface area contributed by atoms with Gasteiger partial charge < -0.3 is 15.3 Å². The molecule has 28 heavy (non-hydrogen) atoms. The molecule has 1 atom stereocenters. The highest BCUT2D eigenvalue weighted by molar-refractivity contribution is 5.94. The summed E-state index contributed by atoms with van der Waals surface area (Å²) in [5, 5.41) is 24.5. The van der Waals surface area contributed by atoms with Gasteiger partial charge in [0, 0.05) is 60.6 Å². The maximum absolute atomic E-state index is 9.25. The zero-order valence-electron chi connectivity index (χ0n) is 16.0. The number of aliphatic hydroxyl groups excluding tert-OH is 1. The number of benzene rings is 1. The van der Waals surface area contributed by atoms with Gasteiger partial charge >= 0.3 is 0 Å². The first-order chi connectivity index (χ1) is 13.8. The first kappa shape index (κ1) is 18.7. The van der Waals surface area contributed by atoms with Crippen molar-refractivity contribution in [2.75, 3.05) is 31.6 Å². The average Bonchev–Trinajstić information content (AvgIpc) is 2.75. The number of rotatable bonds is 5. The summed E-state index contributed by atoms with van der Waals surface area (Å²) in [5.41, 5.74) is 3.09. The van der Waals surface area contributed by atoms with Gasteiger partial charge in [-0.1, -0.05) is 18.2 Å². The molecule has 0 saturated carbocycles. The van der Waals surface area contributed by atoms with Crippen LogP contribution < -0.4 is 5.32 Å². The minimum Gasteiger partial charge on any atom is -0.395 e. The van der Waals surface area contributed by atoms with Crippen LogP contribution in [0.1, 0.15) is 30.7 Å². The second kappa shape index (κ2) is 8.55. The maximum Gasteiger partial charge on any atom is 0.0988 e. The molecule has 0 amide bonds. The number of allylic oxidation sites excluding steroid dienone is 4. The van der Waals surface area contributed by atoms with Crippen LogP contribution in [0.4, 0.5) is 5.69 Å². The molecule has 1 aliphatic heterocycles. The molecule has 0 bridgehead atoms. The van der Waals surface area contributed by atoms with E-state index in [9.17, 15) is 5.26 Å². The Hall–Kier alpha value is -2.68. The van der Waals surface area contributed by atoms with Gasteiger partial charge in [0.15, 0.2) is 0 Å². The Balaban J connectivity index is 1.60. The van der Waals surface area contributed by atoms with E-state index in [0.29, 0.717) is 6.04 Å². The van der Waals surface area contributed by atoms with Gasteiger partial charge in [-0.05, 0) is 48.4 Å². The van der Waals surface area contributed by atoms with Crippen molar-refractivity contribution in [1.29, 1.82) is 5.26 Å². The van der Waals surface area contributed by atoms with Crippen LogP contribution in [0.2, 0.25) is 0 Å². The predicted molar refractivity (Wildman–Crippen MR) is 112 cm³/mol. The lowest BCUT2D eigenvalue weighted by Crippen LogP contribution is -2.40. The fraction of sp³-hybridized carbons (Fsp3) is 0.391. The second-order valence-corrected chi connectivity index (χ2v) is 7.63. The summed E-state index contributed by atoms with van der Waals surface area (Å²) in [7, 11) is 0. The van der Waals surface area contributed by atoms with E-state index in [2.05, 4.69) is 51.6 Å². The molecule has 1 aromatic heterocycles. The van der Waals surface area contributed by atoms with E-state index < -0.39 is 0 Å². The zero-order chi connectivity index (χ0) is 19.3. The molecule has 2 heterocycles. The second-order valence-electron chi connectivity index (χ2n) is 7.63. The lowest BCUT2D eigenvalue weighted by molar-refractivity contribution is 0.168. The molecule has 1 saturated heterocycles. The van der Waals surface area contributed by atoms with E-state index in [-0.39, 0.29) is 12.5 Å². The number of aromatic nitrogens is 1. The number of piperidine rings is 1. The lowest BCUT2D eigenvalue weighted by atomic mass is 9.88. The maximum atomic E-state index is 9.25. The number of fused-ring (bicyclic) bond motifs is 1. The van der Waals surface area contributed by atoms with E-state index in [1.165, 1.54) is 10.9 Å². The van der Waals surface area contributed by atoms with Gasteiger partial charge in [0.2, 0.25) is 0 Å². The van der Waals surface area contributed by atoms with Crippen molar-refractivity contribution in [3.8, 4) is 6.07 Å². The largest absolute Gasteiger partial charge is 0.395 e. The van der Waals surface area contributed by atoms with Crippen LogP contribution in [0.3, 0.4) is 0 Å². The summed E-state index contributed by atoms with van der Waals surface area (Å²) in [6, 6.07) is 9.20. The number of aliphatic hydroxyl groups is 1. The Bertz CT molecular complexity index is 935. The number of hydrogen-bond acceptors (Lipinski definition) is 5. The van der Waals surface area contributed by atoms with E-state index in [1.54, 1.807) is 0 Å². The number of nitriles is 1. The molecule has 144 valence electrons. The van der Waals surface area contributed by atoms with Crippen LogP contribution in [0.15, 0.2) is 54.4 Å². The molecule has 1 fully saturated rings. The van der Waals surface area contributed by atoms with Crippen molar-refractivity contribution in [3.05, 3.63) is 60.0 Å². The molecule has 2 aromatic rings. The van der Waals surface area contributed by atoms with Crippen molar-refractivity contribution in [3.63, 3.8) is 0 Å². The zero-order valence-corrected chi connectivity index (χ0v) is 16.0. The minimum absolute atomic E-state index is 0.226. The van der Waals surface area contributed by atoms with Crippen LogP contribution in [-0.2, 0) is 0 Å². The Morgan fingerprint density at radius 2 is 2.14 bits per heavy atom. The lowest BCUT2D eigenvalue weighted by Gasteiger charge is -2.32. The van der Waals surface area contributed by atoms with E-state index >= 15 is 0 Å². The topological polar surface area (TPSA) is 72.2 Å². The molecule has 4 rings (SSSR count). The standard InChI is InChI=1S/C23H26N4O/c24-15-17-2-1-3-18(12-17)20-13-19-4-7-25-16-22(19)23(14-20)26-21-5-8-27(9-6-21)10-11-28/h1-2,4,7,12-14,16,18,21,26,28H,3,5-6,8-11H2. The normalized spacial score (nSPS) is 20.7. The summed E-state index contributed by atoms with van der Waals surface area (Å²) in [6.45, 7) is 3.01. The van der Waals surface area contributed by atoms with Crippen molar-refractivity contribution in [1.82, 2.24) is 9.88 Å². The third-order valence-corrected chi connectivity index (χ3v) is 5.77. The Morgan fingerprint density at radius 3 is 2.93 bits per heavy atom. The van der Waals surface area contributed by atoms with Gasteiger partial charge in [0.05, 0.1) is 12.7 Å². The molecule has 1 unspecified atom stereocenters. The Labute approximate surface area is 166 Å². The first-order valence-corrected chi connectivity index (χ1v) is 10.0. The molecule has 1 aliphatic carbocycles. The number of anilines is 1. The molecule has 0 radical (unpaired) electrons. The molecular weight excluding hydrogens is 348 g/mol. The van der Waals surface area contributed by atoms with E-state index in [4.69, 9.17) is 5.11 Å². The highest BCUT2D eigenvalue weighted by Gasteiger charge is 2.20. The predicted octanol–water partition coefficient (Wildman–Crippen LogP) is 3.60. The minimum atomic E-state index is 0.226. The summed E-state index contributed by atoms with van der Waals surface area (Å²) in [5.74, 6) is 0.226. The summed E-state index contributed by atoms with van der Waals surface area (Å²) in [6.07, 6.45) is 12.9. The highest BCUT2D eigenvalue weighted by atomic mass is 16.3. The fourth-order valence-corrected chi connectivity index (χ4v) is 4.21. The van der Waals surface area contributed by atoms with Gasteiger partial charge in [-0.15, -0.1) is 0 Å². The van der Waals surface area contributed by atoms with Crippen molar-refractivity contribution < 1.29 is 5.11 Å². The Morgan fingerprint density at radius 1 is 1.29 bits per heavy atom. The number of hydrogen-bond donors (Lipinski definition) is 2. The summed E-state index contributed by atoms with van der Waals surface area (Å²) >= 11 is 0.